The maximum absolute atomic E-state index is 12.8. The summed E-state index contributed by atoms with van der Waals surface area (Å²) in [6.07, 6.45) is 0. The van der Waals surface area contributed by atoms with E-state index in [0.717, 1.165) is 71.2 Å². The maximum Gasteiger partial charge on any atom is 0.343 e. The van der Waals surface area contributed by atoms with Crippen molar-refractivity contribution < 1.29 is 9.53 Å². The number of aromatic amines is 1. The third-order valence-corrected chi connectivity index (χ3v) is 8.20. The fraction of sp³-hybridized carbons (Fsp3) is 0.263. The van der Waals surface area contributed by atoms with Crippen molar-refractivity contribution in [2.75, 3.05) is 36.0 Å². The van der Waals surface area contributed by atoms with Gasteiger partial charge in [-0.25, -0.2) is 9.78 Å². The van der Waals surface area contributed by atoms with Gasteiger partial charge in [-0.2, -0.15) is 0 Å². The molecule has 0 bridgehead atoms. The Morgan fingerprint density at radius 3 is 1.68 bits per heavy atom. The smallest absolute Gasteiger partial charge is 0.343 e. The van der Waals surface area contributed by atoms with Crippen molar-refractivity contribution in [1.82, 2.24) is 9.97 Å². The first-order valence-corrected chi connectivity index (χ1v) is 15.6. The van der Waals surface area contributed by atoms with E-state index < -0.39 is 0 Å². The van der Waals surface area contributed by atoms with Gasteiger partial charge in [-0.15, -0.1) is 0 Å². The van der Waals surface area contributed by atoms with E-state index in [1.54, 1.807) is 12.1 Å². The minimum atomic E-state index is -0.367. The highest BCUT2D eigenvalue weighted by Gasteiger charge is 2.19. The number of aromatic nitrogens is 2. The van der Waals surface area contributed by atoms with Gasteiger partial charge in [0.25, 0.3) is 0 Å². The van der Waals surface area contributed by atoms with Crippen LogP contribution < -0.4 is 14.5 Å². The van der Waals surface area contributed by atoms with Gasteiger partial charge in [-0.05, 0) is 101 Å². The molecule has 0 amide bonds. The summed E-state index contributed by atoms with van der Waals surface area (Å²) >= 11 is 0. The number of imidazole rings is 1. The molecule has 1 aromatic heterocycles. The van der Waals surface area contributed by atoms with Crippen LogP contribution in [0.25, 0.3) is 33.9 Å². The van der Waals surface area contributed by atoms with Crippen LogP contribution in [-0.2, 0) is 0 Å². The monoisotopic (exact) mass is 586 g/mol. The molecular weight excluding hydrogens is 544 g/mol. The Balaban J connectivity index is 1.54. The van der Waals surface area contributed by atoms with Crippen LogP contribution >= 0.6 is 0 Å². The van der Waals surface area contributed by atoms with Gasteiger partial charge < -0.3 is 19.5 Å². The molecule has 0 aliphatic carbocycles. The molecule has 0 atom stereocenters. The second-order valence-electron chi connectivity index (χ2n) is 10.9. The molecule has 5 rings (SSSR count). The normalized spacial score (nSPS) is 11.0. The Bertz CT molecular complexity index is 1600. The van der Waals surface area contributed by atoms with E-state index in [4.69, 9.17) is 9.72 Å². The molecular formula is C38H42N4O2. The van der Waals surface area contributed by atoms with Crippen molar-refractivity contribution in [3.63, 3.8) is 0 Å². The number of nitrogens with one attached hydrogen (secondary N) is 1. The maximum atomic E-state index is 12.8. The quantitative estimate of drug-likeness (QED) is 0.124. The Hall–Kier alpha value is -4.84. The number of H-pyrrole nitrogens is 1. The van der Waals surface area contributed by atoms with Gasteiger partial charge >= 0.3 is 5.97 Å². The van der Waals surface area contributed by atoms with Gasteiger partial charge in [0.2, 0.25) is 0 Å². The zero-order valence-electron chi connectivity index (χ0n) is 26.6. The lowest BCUT2D eigenvalue weighted by Crippen LogP contribution is -2.21. The lowest BCUT2D eigenvalue weighted by Gasteiger charge is -2.21. The first kappa shape index (κ1) is 30.6. The number of ether oxygens (including phenoxy) is 1. The van der Waals surface area contributed by atoms with E-state index in [9.17, 15) is 4.79 Å². The van der Waals surface area contributed by atoms with Gasteiger partial charge in [0.15, 0.2) is 0 Å². The highest BCUT2D eigenvalue weighted by atomic mass is 16.5. The summed E-state index contributed by atoms with van der Waals surface area (Å²) in [4.78, 5) is 26.3. The summed E-state index contributed by atoms with van der Waals surface area (Å²) in [5.74, 6) is 0.977. The number of carbonyl (C=O) groups excluding carboxylic acids is 1. The van der Waals surface area contributed by atoms with E-state index in [2.05, 4.69) is 91.0 Å². The number of nitrogens with zero attached hydrogens (tertiary/aromatic N) is 3. The fourth-order valence-electron chi connectivity index (χ4n) is 5.75. The van der Waals surface area contributed by atoms with Crippen molar-refractivity contribution in [2.45, 2.75) is 41.5 Å². The van der Waals surface area contributed by atoms with Crippen molar-refractivity contribution in [3.05, 3.63) is 108 Å². The third-order valence-electron chi connectivity index (χ3n) is 8.20. The van der Waals surface area contributed by atoms with Crippen molar-refractivity contribution >= 4 is 17.3 Å². The fourth-order valence-corrected chi connectivity index (χ4v) is 5.75. The molecule has 226 valence electrons. The Morgan fingerprint density at radius 2 is 1.18 bits per heavy atom. The van der Waals surface area contributed by atoms with E-state index >= 15 is 0 Å². The van der Waals surface area contributed by atoms with E-state index in [0.29, 0.717) is 11.3 Å². The molecule has 4 aromatic carbocycles. The number of rotatable bonds is 11. The molecule has 6 heteroatoms. The molecule has 44 heavy (non-hydrogen) atoms. The number of aryl methyl sites for hydroxylation is 2. The van der Waals surface area contributed by atoms with Crippen LogP contribution in [0.2, 0.25) is 0 Å². The Kier molecular flexibility index (Phi) is 9.49. The molecule has 0 unspecified atom stereocenters. The van der Waals surface area contributed by atoms with Crippen molar-refractivity contribution in [2.24, 2.45) is 0 Å². The minimum absolute atomic E-state index is 0.367. The minimum Gasteiger partial charge on any atom is -0.422 e. The molecule has 0 saturated carbocycles. The van der Waals surface area contributed by atoms with Crippen LogP contribution in [0, 0.1) is 13.8 Å². The molecule has 1 heterocycles. The molecule has 0 fully saturated rings. The summed E-state index contributed by atoms with van der Waals surface area (Å²) in [6.45, 7) is 16.5. The predicted molar refractivity (Wildman–Crippen MR) is 183 cm³/mol. The number of hydrogen-bond acceptors (Lipinski definition) is 5. The molecule has 0 saturated heterocycles. The molecule has 6 nitrogen and oxygen atoms in total. The first-order valence-electron chi connectivity index (χ1n) is 15.6. The van der Waals surface area contributed by atoms with Crippen LogP contribution in [0.1, 0.15) is 49.2 Å². The third kappa shape index (κ3) is 6.40. The van der Waals surface area contributed by atoms with Gasteiger partial charge in [-0.1, -0.05) is 42.5 Å². The number of anilines is 2. The zero-order chi connectivity index (χ0) is 31.2. The van der Waals surface area contributed by atoms with Crippen LogP contribution in [0.4, 0.5) is 11.4 Å². The van der Waals surface area contributed by atoms with Gasteiger partial charge in [0.1, 0.15) is 11.6 Å². The SMILES string of the molecule is CCN(CC)c1ccc(-c2nc(-c3cc(C)c(OC(=O)c4ccccc4)c(C)c3)[nH]c2-c2ccc(N(CC)CC)cc2)cc1. The second kappa shape index (κ2) is 13.6. The second-order valence-corrected chi connectivity index (χ2v) is 10.9. The highest BCUT2D eigenvalue weighted by Crippen LogP contribution is 2.36. The summed E-state index contributed by atoms with van der Waals surface area (Å²) in [5, 5.41) is 0. The molecule has 1 N–H and O–H groups in total. The van der Waals surface area contributed by atoms with Crippen LogP contribution in [0.5, 0.6) is 5.75 Å². The molecule has 0 aliphatic rings. The number of benzene rings is 4. The average molecular weight is 587 g/mol. The lowest BCUT2D eigenvalue weighted by atomic mass is 10.0. The van der Waals surface area contributed by atoms with Crippen LogP contribution in [0.15, 0.2) is 91.0 Å². The topological polar surface area (TPSA) is 61.5 Å². The number of esters is 1. The first-order chi connectivity index (χ1) is 21.4. The molecule has 0 aliphatic heterocycles. The van der Waals surface area contributed by atoms with E-state index in [-0.39, 0.29) is 5.97 Å². The van der Waals surface area contributed by atoms with Gasteiger partial charge in [0.05, 0.1) is 17.0 Å². The molecule has 0 spiro atoms. The highest BCUT2D eigenvalue weighted by molar-refractivity contribution is 5.91. The molecule has 5 aromatic rings. The van der Waals surface area contributed by atoms with Crippen LogP contribution in [0.3, 0.4) is 0 Å². The summed E-state index contributed by atoms with van der Waals surface area (Å²) in [6, 6.07) is 30.5. The standard InChI is InChI=1S/C38H42N4O2/c1-7-41(8-2)32-20-16-28(17-21-32)34-35(29-18-22-33(23-19-29)42(9-3)10-4)40-37(39-34)31-24-26(5)36(27(6)25-31)44-38(43)30-14-12-11-13-15-30/h11-25H,7-10H2,1-6H3,(H,39,40). The van der Waals surface area contributed by atoms with Crippen molar-refractivity contribution in [3.8, 4) is 39.7 Å². The molecule has 0 radical (unpaired) electrons. The summed E-state index contributed by atoms with van der Waals surface area (Å²) in [5.41, 5.74) is 9.60. The van der Waals surface area contributed by atoms with E-state index in [1.807, 2.05) is 44.2 Å². The van der Waals surface area contributed by atoms with Gasteiger partial charge in [0, 0.05) is 54.2 Å². The Labute approximate surface area is 261 Å². The zero-order valence-corrected chi connectivity index (χ0v) is 26.6. The van der Waals surface area contributed by atoms with Gasteiger partial charge in [-0.3, -0.25) is 0 Å². The predicted octanol–water partition coefficient (Wildman–Crippen LogP) is 8.94. The van der Waals surface area contributed by atoms with Crippen molar-refractivity contribution in [1.29, 1.82) is 0 Å². The largest absolute Gasteiger partial charge is 0.422 e. The average Bonchev–Trinajstić information content (AvgIpc) is 3.50. The number of hydrogen-bond donors (Lipinski definition) is 1. The summed E-state index contributed by atoms with van der Waals surface area (Å²) in [7, 11) is 0. The lowest BCUT2D eigenvalue weighted by molar-refractivity contribution is 0.0732. The van der Waals surface area contributed by atoms with Crippen LogP contribution in [-0.4, -0.2) is 42.1 Å². The Morgan fingerprint density at radius 1 is 0.682 bits per heavy atom. The number of carbonyl (C=O) groups is 1. The van der Waals surface area contributed by atoms with E-state index in [1.165, 1.54) is 11.4 Å². The summed E-state index contributed by atoms with van der Waals surface area (Å²) < 4.78 is 5.84.